The van der Waals surface area contributed by atoms with Crippen molar-refractivity contribution in [2.24, 2.45) is 0 Å². The SMILES string of the molecule is C=C(/C=C(\C=C/C)n1c2ccccc2c2cc(-c3ccc4oc5ccccc5c4c3)ccc21)c1nc(-c2ccccc2)nc(-c2ccccc2)n1. The molecule has 0 amide bonds. The molecule has 0 aliphatic rings. The lowest BCUT2D eigenvalue weighted by atomic mass is 10.0. The van der Waals surface area contributed by atoms with Crippen LogP contribution in [-0.4, -0.2) is 19.5 Å². The average molecular weight is 657 g/mol. The third-order valence-corrected chi connectivity index (χ3v) is 9.29. The van der Waals surface area contributed by atoms with Crippen LogP contribution in [0.3, 0.4) is 0 Å². The number of furan rings is 1. The van der Waals surface area contributed by atoms with Gasteiger partial charge in [0.1, 0.15) is 11.2 Å². The van der Waals surface area contributed by atoms with Gasteiger partial charge in [0.15, 0.2) is 17.5 Å². The third kappa shape index (κ3) is 5.42. The van der Waals surface area contributed by atoms with Crippen LogP contribution in [0.15, 0.2) is 175 Å². The molecular formula is C46H32N4O. The van der Waals surface area contributed by atoms with Gasteiger partial charge in [0.2, 0.25) is 0 Å². The minimum atomic E-state index is 0.523. The summed E-state index contributed by atoms with van der Waals surface area (Å²) < 4.78 is 8.41. The first-order valence-corrected chi connectivity index (χ1v) is 17.0. The van der Waals surface area contributed by atoms with Gasteiger partial charge in [-0.15, -0.1) is 0 Å². The molecule has 0 bridgehead atoms. The van der Waals surface area contributed by atoms with Crippen LogP contribution in [0.25, 0.3) is 88.9 Å². The summed E-state index contributed by atoms with van der Waals surface area (Å²) >= 11 is 0. The molecular weight excluding hydrogens is 625 g/mol. The van der Waals surface area contributed by atoms with Crippen molar-refractivity contribution in [1.29, 1.82) is 0 Å². The van der Waals surface area contributed by atoms with Crippen molar-refractivity contribution >= 4 is 55.0 Å². The molecule has 3 aromatic heterocycles. The van der Waals surface area contributed by atoms with E-state index in [1.165, 1.54) is 10.8 Å². The fourth-order valence-corrected chi connectivity index (χ4v) is 6.89. The van der Waals surface area contributed by atoms with Crippen LogP contribution in [-0.2, 0) is 0 Å². The Morgan fingerprint density at radius 1 is 0.549 bits per heavy atom. The fraction of sp³-hybridized carbons (Fsp3) is 0.0217. The van der Waals surface area contributed by atoms with Gasteiger partial charge >= 0.3 is 0 Å². The number of rotatable bonds is 7. The standard InChI is InChI=1S/C46H32N4O/c1-3-14-35(27-30(2)44-47-45(31-15-6-4-7-16-31)49-46(48-44)32-17-8-5-9-18-32)50-40-21-12-10-19-36(40)38-28-33(23-25-41(38)50)34-24-26-43-39(29-34)37-20-11-13-22-42(37)51-43/h3-29H,2H2,1H3/b14-3-,35-27+. The van der Waals surface area contributed by atoms with Crippen LogP contribution >= 0.6 is 0 Å². The lowest BCUT2D eigenvalue weighted by Gasteiger charge is -2.12. The Bertz CT molecular complexity index is 2770. The molecule has 0 fully saturated rings. The van der Waals surface area contributed by atoms with Crippen LogP contribution in [0, 0.1) is 0 Å². The zero-order chi connectivity index (χ0) is 34.3. The molecule has 51 heavy (non-hydrogen) atoms. The fourth-order valence-electron chi connectivity index (χ4n) is 6.89. The van der Waals surface area contributed by atoms with Gasteiger partial charge < -0.3 is 8.98 Å². The number of hydrogen-bond donors (Lipinski definition) is 0. The van der Waals surface area contributed by atoms with E-state index in [-0.39, 0.29) is 0 Å². The van der Waals surface area contributed by atoms with Crippen molar-refractivity contribution in [3.8, 4) is 33.9 Å². The van der Waals surface area contributed by atoms with Crippen molar-refractivity contribution in [1.82, 2.24) is 19.5 Å². The smallest absolute Gasteiger partial charge is 0.164 e. The van der Waals surface area contributed by atoms with E-state index < -0.39 is 0 Å². The normalized spacial score (nSPS) is 12.1. The highest BCUT2D eigenvalue weighted by Crippen LogP contribution is 2.38. The van der Waals surface area contributed by atoms with E-state index in [4.69, 9.17) is 19.4 Å². The minimum absolute atomic E-state index is 0.523. The highest BCUT2D eigenvalue weighted by molar-refractivity contribution is 6.12. The number of nitrogens with zero attached hydrogens (tertiary/aromatic N) is 4. The van der Waals surface area contributed by atoms with Gasteiger partial charge in [-0.25, -0.2) is 15.0 Å². The molecule has 0 saturated carbocycles. The van der Waals surface area contributed by atoms with Gasteiger partial charge in [0.05, 0.1) is 11.0 Å². The van der Waals surface area contributed by atoms with E-state index in [0.717, 1.165) is 60.9 Å². The maximum Gasteiger partial charge on any atom is 0.164 e. The number of hydrogen-bond acceptors (Lipinski definition) is 4. The van der Waals surface area contributed by atoms with Crippen LogP contribution in [0.4, 0.5) is 0 Å². The Hall–Kier alpha value is -6.85. The Balaban J connectivity index is 1.18. The molecule has 3 heterocycles. The van der Waals surface area contributed by atoms with Crippen LogP contribution in [0.5, 0.6) is 0 Å². The highest BCUT2D eigenvalue weighted by Gasteiger charge is 2.17. The minimum Gasteiger partial charge on any atom is -0.456 e. The number of benzene rings is 6. The summed E-state index contributed by atoms with van der Waals surface area (Å²) in [5.41, 5.74) is 9.75. The van der Waals surface area contributed by atoms with Gasteiger partial charge in [-0.3, -0.25) is 0 Å². The predicted octanol–water partition coefficient (Wildman–Crippen LogP) is 12.0. The second kappa shape index (κ2) is 12.6. The lowest BCUT2D eigenvalue weighted by molar-refractivity contribution is 0.669. The van der Waals surface area contributed by atoms with Crippen molar-refractivity contribution in [3.05, 3.63) is 176 Å². The molecule has 5 nitrogen and oxygen atoms in total. The predicted molar refractivity (Wildman–Crippen MR) is 211 cm³/mol. The summed E-state index contributed by atoms with van der Waals surface area (Å²) in [6.45, 7) is 6.53. The molecule has 6 aromatic carbocycles. The molecule has 242 valence electrons. The number of para-hydroxylation sites is 2. The van der Waals surface area contributed by atoms with E-state index in [1.54, 1.807) is 0 Å². The monoisotopic (exact) mass is 656 g/mol. The summed E-state index contributed by atoms with van der Waals surface area (Å²) in [6.07, 6.45) is 6.23. The first-order valence-electron chi connectivity index (χ1n) is 17.0. The van der Waals surface area contributed by atoms with Crippen LogP contribution < -0.4 is 0 Å². The molecule has 0 spiro atoms. The molecule has 0 aliphatic heterocycles. The maximum atomic E-state index is 6.11. The Morgan fingerprint density at radius 3 is 1.82 bits per heavy atom. The quantitative estimate of drug-likeness (QED) is 0.160. The highest BCUT2D eigenvalue weighted by atomic mass is 16.3. The lowest BCUT2D eigenvalue weighted by Crippen LogP contribution is -2.03. The van der Waals surface area contributed by atoms with E-state index >= 15 is 0 Å². The van der Waals surface area contributed by atoms with Gasteiger partial charge in [0, 0.05) is 43.9 Å². The number of fused-ring (bicyclic) bond motifs is 6. The number of aromatic nitrogens is 4. The average Bonchev–Trinajstić information content (AvgIpc) is 3.73. The second-order valence-electron chi connectivity index (χ2n) is 12.5. The summed E-state index contributed by atoms with van der Waals surface area (Å²) in [5, 5.41) is 4.58. The number of allylic oxidation sites excluding steroid dienone is 5. The second-order valence-corrected chi connectivity index (χ2v) is 12.5. The molecule has 0 saturated heterocycles. The van der Waals surface area contributed by atoms with Gasteiger partial charge in [-0.2, -0.15) is 0 Å². The van der Waals surface area contributed by atoms with Crippen molar-refractivity contribution in [2.45, 2.75) is 6.92 Å². The van der Waals surface area contributed by atoms with E-state index in [1.807, 2.05) is 79.7 Å². The third-order valence-electron chi connectivity index (χ3n) is 9.29. The molecule has 9 rings (SSSR count). The zero-order valence-electron chi connectivity index (χ0n) is 28.0. The first-order chi connectivity index (χ1) is 25.1. The largest absolute Gasteiger partial charge is 0.456 e. The van der Waals surface area contributed by atoms with E-state index in [2.05, 4.69) is 102 Å². The molecule has 0 unspecified atom stereocenters. The topological polar surface area (TPSA) is 56.7 Å². The Labute approximate surface area is 295 Å². The summed E-state index contributed by atoms with van der Waals surface area (Å²) in [4.78, 5) is 14.7. The molecule has 9 aromatic rings. The van der Waals surface area contributed by atoms with E-state index in [9.17, 15) is 0 Å². The van der Waals surface area contributed by atoms with Gasteiger partial charge in [-0.1, -0.05) is 122 Å². The van der Waals surface area contributed by atoms with Gasteiger partial charge in [-0.05, 0) is 66.6 Å². The van der Waals surface area contributed by atoms with Gasteiger partial charge in [0.25, 0.3) is 0 Å². The maximum absolute atomic E-state index is 6.11. The summed E-state index contributed by atoms with van der Waals surface area (Å²) in [7, 11) is 0. The van der Waals surface area contributed by atoms with Crippen LogP contribution in [0.2, 0.25) is 0 Å². The van der Waals surface area contributed by atoms with Crippen LogP contribution in [0.1, 0.15) is 12.7 Å². The molecule has 5 heteroatoms. The van der Waals surface area contributed by atoms with E-state index in [0.29, 0.717) is 23.0 Å². The molecule has 0 N–H and O–H groups in total. The Morgan fingerprint density at radius 2 is 1.12 bits per heavy atom. The molecule has 0 atom stereocenters. The van der Waals surface area contributed by atoms with Crippen molar-refractivity contribution < 1.29 is 4.42 Å². The van der Waals surface area contributed by atoms with Crippen molar-refractivity contribution in [2.75, 3.05) is 0 Å². The Kier molecular flexibility index (Phi) is 7.44. The molecule has 0 aliphatic carbocycles. The zero-order valence-corrected chi connectivity index (χ0v) is 28.0. The van der Waals surface area contributed by atoms with Crippen molar-refractivity contribution in [3.63, 3.8) is 0 Å². The first kappa shape index (κ1) is 30.2. The summed E-state index contributed by atoms with van der Waals surface area (Å²) in [5.74, 6) is 1.73. The summed E-state index contributed by atoms with van der Waals surface area (Å²) in [6, 6.07) is 49.9. The molecule has 0 radical (unpaired) electrons.